The normalized spacial score (nSPS) is 13.9. The first-order chi connectivity index (χ1) is 10.1. The van der Waals surface area contributed by atoms with E-state index in [-0.39, 0.29) is 12.5 Å². The number of hydrogen-bond acceptors (Lipinski definition) is 4. The summed E-state index contributed by atoms with van der Waals surface area (Å²) in [7, 11) is 1.58. The molecule has 1 aliphatic rings. The lowest BCUT2D eigenvalue weighted by Gasteiger charge is -2.14. The van der Waals surface area contributed by atoms with E-state index in [0.717, 1.165) is 23.0 Å². The maximum absolute atomic E-state index is 11.7. The Balaban J connectivity index is 1.95. The summed E-state index contributed by atoms with van der Waals surface area (Å²) in [4.78, 5) is 11.7. The van der Waals surface area contributed by atoms with Crippen LogP contribution in [-0.4, -0.2) is 32.7 Å². The molecule has 2 rings (SSSR count). The minimum Gasteiger partial charge on any atom is -0.493 e. The molecule has 0 unspecified atom stereocenters. The van der Waals surface area contributed by atoms with Crippen LogP contribution in [0.2, 0.25) is 0 Å². The molecule has 0 aromatic heterocycles. The zero-order chi connectivity index (χ0) is 15.2. The summed E-state index contributed by atoms with van der Waals surface area (Å²) in [5, 5.41) is 2.87. The van der Waals surface area contributed by atoms with Crippen molar-refractivity contribution in [2.45, 2.75) is 19.3 Å². The van der Waals surface area contributed by atoms with Gasteiger partial charge in [0.1, 0.15) is 0 Å². The van der Waals surface area contributed by atoms with E-state index in [1.165, 1.54) is 12.8 Å². The molecule has 0 saturated heterocycles. The van der Waals surface area contributed by atoms with Crippen molar-refractivity contribution in [3.05, 3.63) is 22.2 Å². The fraction of sp³-hybridized carbons (Fsp3) is 0.533. The van der Waals surface area contributed by atoms with E-state index in [4.69, 9.17) is 15.2 Å². The van der Waals surface area contributed by atoms with Crippen LogP contribution < -0.4 is 20.5 Å². The van der Waals surface area contributed by atoms with Gasteiger partial charge in [0.2, 0.25) is 0 Å². The van der Waals surface area contributed by atoms with E-state index >= 15 is 0 Å². The van der Waals surface area contributed by atoms with E-state index in [2.05, 4.69) is 21.2 Å². The first-order valence-electron chi connectivity index (χ1n) is 7.10. The van der Waals surface area contributed by atoms with Crippen LogP contribution >= 0.6 is 15.9 Å². The smallest absolute Gasteiger partial charge is 0.257 e. The Morgan fingerprint density at radius 2 is 2.24 bits per heavy atom. The van der Waals surface area contributed by atoms with Gasteiger partial charge in [0, 0.05) is 6.54 Å². The number of nitrogens with one attached hydrogen (secondary N) is 1. The quantitative estimate of drug-likeness (QED) is 0.745. The van der Waals surface area contributed by atoms with Crippen LogP contribution in [0.5, 0.6) is 11.5 Å². The predicted octanol–water partition coefficient (Wildman–Crippen LogP) is 1.86. The molecule has 116 valence electrons. The van der Waals surface area contributed by atoms with Gasteiger partial charge in [-0.05, 0) is 65.4 Å². The van der Waals surface area contributed by atoms with E-state index in [0.29, 0.717) is 24.0 Å². The highest BCUT2D eigenvalue weighted by Crippen LogP contribution is 2.36. The second-order valence-electron chi connectivity index (χ2n) is 5.18. The molecule has 0 atom stereocenters. The van der Waals surface area contributed by atoms with Gasteiger partial charge in [0.05, 0.1) is 11.6 Å². The molecular weight excluding hydrogens is 336 g/mol. The summed E-state index contributed by atoms with van der Waals surface area (Å²) >= 11 is 3.45. The van der Waals surface area contributed by atoms with E-state index in [9.17, 15) is 4.79 Å². The molecule has 0 heterocycles. The van der Waals surface area contributed by atoms with E-state index in [1.807, 2.05) is 12.1 Å². The van der Waals surface area contributed by atoms with Crippen molar-refractivity contribution in [3.8, 4) is 11.5 Å². The van der Waals surface area contributed by atoms with Crippen LogP contribution in [0, 0.1) is 5.92 Å². The molecule has 1 fully saturated rings. The predicted molar refractivity (Wildman–Crippen MR) is 84.7 cm³/mol. The van der Waals surface area contributed by atoms with Gasteiger partial charge >= 0.3 is 0 Å². The molecular formula is C15H21BrN2O3. The minimum absolute atomic E-state index is 0.0160. The Morgan fingerprint density at radius 1 is 1.48 bits per heavy atom. The van der Waals surface area contributed by atoms with Crippen LogP contribution in [0.3, 0.4) is 0 Å². The Morgan fingerprint density at radius 3 is 2.86 bits per heavy atom. The molecule has 1 aliphatic carbocycles. The maximum atomic E-state index is 11.7. The zero-order valence-electron chi connectivity index (χ0n) is 12.2. The summed E-state index contributed by atoms with van der Waals surface area (Å²) in [5.41, 5.74) is 6.62. The number of rotatable bonds is 8. The Kier molecular flexibility index (Phi) is 5.87. The average Bonchev–Trinajstić information content (AvgIpc) is 3.28. The van der Waals surface area contributed by atoms with E-state index in [1.54, 1.807) is 7.11 Å². The Bertz CT molecular complexity index is 504. The molecule has 3 N–H and O–H groups in total. The van der Waals surface area contributed by atoms with Crippen molar-refractivity contribution in [3.63, 3.8) is 0 Å². The lowest BCUT2D eigenvalue weighted by Crippen LogP contribution is -2.30. The highest BCUT2D eigenvalue weighted by Gasteiger charge is 2.21. The highest BCUT2D eigenvalue weighted by molar-refractivity contribution is 9.10. The Hall–Kier alpha value is -1.27. The SMILES string of the molecule is COc1cc(CCN)cc(Br)c1OCC(=O)NCC1CC1. The van der Waals surface area contributed by atoms with Crippen LogP contribution in [0.15, 0.2) is 16.6 Å². The molecule has 5 nitrogen and oxygen atoms in total. The fourth-order valence-corrected chi connectivity index (χ4v) is 2.60. The summed E-state index contributed by atoms with van der Waals surface area (Å²) in [6, 6.07) is 3.82. The van der Waals surface area contributed by atoms with Crippen molar-refractivity contribution in [1.82, 2.24) is 5.32 Å². The third-order valence-electron chi connectivity index (χ3n) is 3.35. The molecule has 1 aromatic carbocycles. The molecule has 6 heteroatoms. The van der Waals surface area contributed by atoms with Crippen molar-refractivity contribution < 1.29 is 14.3 Å². The number of methoxy groups -OCH3 is 1. The van der Waals surface area contributed by atoms with Gasteiger partial charge in [-0.2, -0.15) is 0 Å². The lowest BCUT2D eigenvalue weighted by molar-refractivity contribution is -0.123. The number of amides is 1. The number of hydrogen-bond donors (Lipinski definition) is 2. The molecule has 1 aromatic rings. The third-order valence-corrected chi connectivity index (χ3v) is 3.94. The molecule has 0 spiro atoms. The summed E-state index contributed by atoms with van der Waals surface area (Å²) < 4.78 is 11.7. The maximum Gasteiger partial charge on any atom is 0.257 e. The number of carbonyl (C=O) groups is 1. The standard InChI is InChI=1S/C15H21BrN2O3/c1-20-13-7-11(4-5-17)6-12(16)15(13)21-9-14(19)18-8-10-2-3-10/h6-7,10H,2-5,8-9,17H2,1H3,(H,18,19). The second kappa shape index (κ2) is 7.66. The van der Waals surface area contributed by atoms with Gasteiger partial charge in [-0.1, -0.05) is 0 Å². The fourth-order valence-electron chi connectivity index (χ4n) is 1.99. The Labute approximate surface area is 133 Å². The summed E-state index contributed by atoms with van der Waals surface area (Å²) in [6.45, 7) is 1.30. The largest absolute Gasteiger partial charge is 0.493 e. The lowest BCUT2D eigenvalue weighted by atomic mass is 10.1. The minimum atomic E-state index is -0.109. The number of benzene rings is 1. The van der Waals surface area contributed by atoms with Crippen LogP contribution in [-0.2, 0) is 11.2 Å². The van der Waals surface area contributed by atoms with E-state index < -0.39 is 0 Å². The highest BCUT2D eigenvalue weighted by atomic mass is 79.9. The van der Waals surface area contributed by atoms with Gasteiger partial charge < -0.3 is 20.5 Å². The number of halogens is 1. The third kappa shape index (κ3) is 4.89. The van der Waals surface area contributed by atoms with Crippen molar-refractivity contribution in [2.24, 2.45) is 11.7 Å². The molecule has 0 aliphatic heterocycles. The second-order valence-corrected chi connectivity index (χ2v) is 6.04. The number of nitrogens with two attached hydrogens (primary N) is 1. The van der Waals surface area contributed by atoms with Gasteiger partial charge in [-0.3, -0.25) is 4.79 Å². The van der Waals surface area contributed by atoms with Crippen molar-refractivity contribution in [1.29, 1.82) is 0 Å². The topological polar surface area (TPSA) is 73.6 Å². The first kappa shape index (κ1) is 16.1. The monoisotopic (exact) mass is 356 g/mol. The molecule has 1 amide bonds. The number of carbonyl (C=O) groups excluding carboxylic acids is 1. The molecule has 0 bridgehead atoms. The van der Waals surface area contributed by atoms with Crippen LogP contribution in [0.4, 0.5) is 0 Å². The average molecular weight is 357 g/mol. The first-order valence-corrected chi connectivity index (χ1v) is 7.89. The van der Waals surface area contributed by atoms with Crippen LogP contribution in [0.1, 0.15) is 18.4 Å². The molecule has 21 heavy (non-hydrogen) atoms. The summed E-state index contributed by atoms with van der Waals surface area (Å²) in [6.07, 6.45) is 3.18. The zero-order valence-corrected chi connectivity index (χ0v) is 13.7. The van der Waals surface area contributed by atoms with Gasteiger partial charge in [-0.15, -0.1) is 0 Å². The van der Waals surface area contributed by atoms with Crippen molar-refractivity contribution >= 4 is 21.8 Å². The summed E-state index contributed by atoms with van der Waals surface area (Å²) in [5.74, 6) is 1.69. The van der Waals surface area contributed by atoms with Gasteiger partial charge in [-0.25, -0.2) is 0 Å². The number of ether oxygens (including phenoxy) is 2. The molecule has 1 saturated carbocycles. The van der Waals surface area contributed by atoms with Gasteiger partial charge in [0.15, 0.2) is 18.1 Å². The van der Waals surface area contributed by atoms with Crippen LogP contribution in [0.25, 0.3) is 0 Å². The van der Waals surface area contributed by atoms with Crippen molar-refractivity contribution in [2.75, 3.05) is 26.8 Å². The molecule has 0 radical (unpaired) electrons. The van der Waals surface area contributed by atoms with Gasteiger partial charge in [0.25, 0.3) is 5.91 Å².